The van der Waals surface area contributed by atoms with Crippen LogP contribution in [0, 0.1) is 6.92 Å². The van der Waals surface area contributed by atoms with Crippen LogP contribution in [-0.4, -0.2) is 13.5 Å². The maximum absolute atomic E-state index is 5.93. The minimum absolute atomic E-state index is 0.112. The van der Waals surface area contributed by atoms with Crippen LogP contribution in [-0.2, 0) is 11.1 Å². The van der Waals surface area contributed by atoms with Crippen molar-refractivity contribution in [1.29, 1.82) is 0 Å². The Kier molecular flexibility index (Phi) is 2.73. The Morgan fingerprint density at radius 2 is 1.88 bits per heavy atom. The lowest BCUT2D eigenvalue weighted by Crippen LogP contribution is -2.49. The summed E-state index contributed by atoms with van der Waals surface area (Å²) in [5, 5.41) is 0. The van der Waals surface area contributed by atoms with Crippen LogP contribution in [0.2, 0.25) is 0 Å². The van der Waals surface area contributed by atoms with E-state index in [2.05, 4.69) is 49.4 Å². The molecule has 0 unspecified atom stereocenters. The molecule has 0 bridgehead atoms. The van der Waals surface area contributed by atoms with Gasteiger partial charge in [-0.25, -0.2) is 0 Å². The minimum Gasteiger partial charge on any atom is -0.427 e. The minimum atomic E-state index is 0.112. The van der Waals surface area contributed by atoms with Crippen LogP contribution in [0.4, 0.5) is 0 Å². The van der Waals surface area contributed by atoms with Crippen molar-refractivity contribution in [1.82, 2.24) is 0 Å². The van der Waals surface area contributed by atoms with Crippen molar-refractivity contribution in [2.24, 2.45) is 0 Å². The second-order valence-electron chi connectivity index (χ2n) is 4.61. The molecule has 3 rings (SSSR count). The topological polar surface area (TPSA) is 9.23 Å². The van der Waals surface area contributed by atoms with Crippen LogP contribution in [0.5, 0.6) is 0 Å². The predicted molar refractivity (Wildman–Crippen MR) is 72.3 cm³/mol. The molecule has 0 atom stereocenters. The standard InChI is InChI=1S/C15H15BO/c1-12-7-8-15-13(11-12)9-10-17-16(15)14-5-3-2-4-6-14/h2-8,11H,9-10H2,1H3. The zero-order valence-electron chi connectivity index (χ0n) is 10.0. The van der Waals surface area contributed by atoms with E-state index in [-0.39, 0.29) is 6.92 Å². The number of aryl methyl sites for hydroxylation is 1. The van der Waals surface area contributed by atoms with Gasteiger partial charge in [0.15, 0.2) is 0 Å². The van der Waals surface area contributed by atoms with Crippen LogP contribution in [0.3, 0.4) is 0 Å². The highest BCUT2D eigenvalue weighted by molar-refractivity contribution is 6.80. The molecule has 84 valence electrons. The molecule has 0 spiro atoms. The average molecular weight is 222 g/mol. The Hall–Kier alpha value is -1.54. The third-order valence-corrected chi connectivity index (χ3v) is 3.34. The van der Waals surface area contributed by atoms with Gasteiger partial charge in [-0.15, -0.1) is 0 Å². The molecular weight excluding hydrogens is 207 g/mol. The molecule has 17 heavy (non-hydrogen) atoms. The first-order valence-electron chi connectivity index (χ1n) is 6.10. The SMILES string of the molecule is Cc1ccc2c(c1)CCOB2c1ccccc1. The lowest BCUT2D eigenvalue weighted by atomic mass is 9.53. The molecule has 1 aliphatic heterocycles. The van der Waals surface area contributed by atoms with E-state index in [9.17, 15) is 0 Å². The summed E-state index contributed by atoms with van der Waals surface area (Å²) in [6.45, 7) is 3.07. The summed E-state index contributed by atoms with van der Waals surface area (Å²) >= 11 is 0. The third kappa shape index (κ3) is 2.01. The highest BCUT2D eigenvalue weighted by atomic mass is 16.4. The second-order valence-corrected chi connectivity index (χ2v) is 4.61. The molecule has 1 aliphatic rings. The van der Waals surface area contributed by atoms with Crippen LogP contribution < -0.4 is 10.9 Å². The van der Waals surface area contributed by atoms with Gasteiger partial charge >= 0.3 is 6.92 Å². The van der Waals surface area contributed by atoms with E-state index < -0.39 is 0 Å². The maximum Gasteiger partial charge on any atom is 0.361 e. The fourth-order valence-corrected chi connectivity index (χ4v) is 2.49. The van der Waals surface area contributed by atoms with Crippen molar-refractivity contribution in [3.63, 3.8) is 0 Å². The zero-order chi connectivity index (χ0) is 11.7. The summed E-state index contributed by atoms with van der Waals surface area (Å²) in [4.78, 5) is 0. The van der Waals surface area contributed by atoms with Gasteiger partial charge in [-0.2, -0.15) is 0 Å². The molecule has 0 saturated heterocycles. The van der Waals surface area contributed by atoms with Gasteiger partial charge in [0.1, 0.15) is 0 Å². The zero-order valence-corrected chi connectivity index (χ0v) is 10.0. The highest BCUT2D eigenvalue weighted by Crippen LogP contribution is 2.10. The van der Waals surface area contributed by atoms with Crippen LogP contribution >= 0.6 is 0 Å². The maximum atomic E-state index is 5.93. The first-order valence-corrected chi connectivity index (χ1v) is 6.10. The van der Waals surface area contributed by atoms with Crippen LogP contribution in [0.25, 0.3) is 0 Å². The number of hydrogen-bond acceptors (Lipinski definition) is 1. The second kappa shape index (κ2) is 4.38. The normalized spacial score (nSPS) is 14.5. The Balaban J connectivity index is 2.06. The van der Waals surface area contributed by atoms with Gasteiger partial charge in [0.05, 0.1) is 0 Å². The van der Waals surface area contributed by atoms with Gasteiger partial charge in [-0.3, -0.25) is 0 Å². The van der Waals surface area contributed by atoms with Crippen molar-refractivity contribution < 1.29 is 4.65 Å². The summed E-state index contributed by atoms with van der Waals surface area (Å²) in [5.74, 6) is 0. The summed E-state index contributed by atoms with van der Waals surface area (Å²) < 4.78 is 5.93. The molecule has 0 aromatic heterocycles. The molecular formula is C15H15BO. The molecule has 1 heterocycles. The van der Waals surface area contributed by atoms with Gasteiger partial charge in [0.25, 0.3) is 0 Å². The largest absolute Gasteiger partial charge is 0.427 e. The van der Waals surface area contributed by atoms with Crippen LogP contribution in [0.1, 0.15) is 11.1 Å². The van der Waals surface area contributed by atoms with Crippen molar-refractivity contribution in [3.05, 3.63) is 59.7 Å². The van der Waals surface area contributed by atoms with Crippen molar-refractivity contribution >= 4 is 17.8 Å². The first-order chi connectivity index (χ1) is 8.34. The van der Waals surface area contributed by atoms with E-state index in [0.717, 1.165) is 13.0 Å². The summed E-state index contributed by atoms with van der Waals surface area (Å²) in [6.07, 6.45) is 1.03. The summed E-state index contributed by atoms with van der Waals surface area (Å²) in [6, 6.07) is 17.1. The molecule has 0 N–H and O–H groups in total. The Labute approximate surface area is 103 Å². The number of fused-ring (bicyclic) bond motifs is 1. The van der Waals surface area contributed by atoms with Gasteiger partial charge in [0.2, 0.25) is 0 Å². The number of hydrogen-bond donors (Lipinski definition) is 0. The van der Waals surface area contributed by atoms with E-state index >= 15 is 0 Å². The van der Waals surface area contributed by atoms with Crippen molar-refractivity contribution in [2.45, 2.75) is 13.3 Å². The molecule has 1 nitrogen and oxygen atoms in total. The monoisotopic (exact) mass is 222 g/mol. The Bertz CT molecular complexity index is 522. The quantitative estimate of drug-likeness (QED) is 0.667. The first kappa shape index (κ1) is 10.6. The van der Waals surface area contributed by atoms with Crippen molar-refractivity contribution in [3.8, 4) is 0 Å². The molecule has 0 fully saturated rings. The molecule has 0 aliphatic carbocycles. The molecule has 0 saturated carbocycles. The molecule has 0 radical (unpaired) electrons. The fourth-order valence-electron chi connectivity index (χ4n) is 2.49. The molecule has 2 aromatic carbocycles. The van der Waals surface area contributed by atoms with Gasteiger partial charge in [0, 0.05) is 6.61 Å². The fraction of sp³-hybridized carbons (Fsp3) is 0.200. The Morgan fingerprint density at radius 1 is 1.06 bits per heavy atom. The number of benzene rings is 2. The van der Waals surface area contributed by atoms with E-state index in [1.165, 1.54) is 22.1 Å². The Morgan fingerprint density at radius 3 is 2.71 bits per heavy atom. The smallest absolute Gasteiger partial charge is 0.361 e. The predicted octanol–water partition coefficient (Wildman–Crippen LogP) is 1.67. The third-order valence-electron chi connectivity index (χ3n) is 3.34. The van der Waals surface area contributed by atoms with Gasteiger partial charge in [-0.05, 0) is 29.8 Å². The average Bonchev–Trinajstić information content (AvgIpc) is 2.39. The number of rotatable bonds is 1. The van der Waals surface area contributed by atoms with E-state index in [1.807, 2.05) is 6.07 Å². The van der Waals surface area contributed by atoms with Crippen LogP contribution in [0.15, 0.2) is 48.5 Å². The van der Waals surface area contributed by atoms with E-state index in [4.69, 9.17) is 4.65 Å². The van der Waals surface area contributed by atoms with Crippen molar-refractivity contribution in [2.75, 3.05) is 6.61 Å². The molecule has 2 heteroatoms. The van der Waals surface area contributed by atoms with Gasteiger partial charge in [-0.1, -0.05) is 54.1 Å². The summed E-state index contributed by atoms with van der Waals surface area (Å²) in [7, 11) is 0. The lowest BCUT2D eigenvalue weighted by molar-refractivity contribution is 0.330. The van der Waals surface area contributed by atoms with E-state index in [0.29, 0.717) is 0 Å². The van der Waals surface area contributed by atoms with E-state index in [1.54, 1.807) is 0 Å². The molecule has 2 aromatic rings. The highest BCUT2D eigenvalue weighted by Gasteiger charge is 2.27. The molecule has 0 amide bonds. The van der Waals surface area contributed by atoms with Gasteiger partial charge < -0.3 is 4.65 Å². The lowest BCUT2D eigenvalue weighted by Gasteiger charge is -2.24. The summed E-state index contributed by atoms with van der Waals surface area (Å²) in [5.41, 5.74) is 5.34.